The Morgan fingerprint density at radius 1 is 0.806 bits per heavy atom. The van der Waals surface area contributed by atoms with Gasteiger partial charge in [-0.2, -0.15) is 26.3 Å². The Hall–Kier alpha value is -2.96. The summed E-state index contributed by atoms with van der Waals surface area (Å²) >= 11 is 0. The highest BCUT2D eigenvalue weighted by Gasteiger charge is 2.37. The number of halogens is 6. The van der Waals surface area contributed by atoms with Crippen LogP contribution in [0, 0.1) is 6.92 Å². The average Bonchev–Trinajstić information content (AvgIpc) is 2.69. The SMILES string of the molecule is C=C(NCCC)c1cc2cc(-c3cc(C(F)(F)F)cc(C(F)(F)F)c3)ccc2cc1C. The number of rotatable bonds is 5. The lowest BCUT2D eigenvalue weighted by Crippen LogP contribution is -2.12. The molecule has 0 radical (unpaired) electrons. The van der Waals surface area contributed by atoms with E-state index < -0.39 is 23.5 Å². The van der Waals surface area contributed by atoms with E-state index in [-0.39, 0.29) is 17.2 Å². The van der Waals surface area contributed by atoms with Crippen LogP contribution in [0.5, 0.6) is 0 Å². The second-order valence-electron chi connectivity index (χ2n) is 7.43. The molecular formula is C24H21F6N. The van der Waals surface area contributed by atoms with Crippen molar-refractivity contribution in [2.75, 3.05) is 6.54 Å². The van der Waals surface area contributed by atoms with Gasteiger partial charge in [0.1, 0.15) is 0 Å². The van der Waals surface area contributed by atoms with Gasteiger partial charge in [-0.1, -0.05) is 31.7 Å². The first-order valence-electron chi connectivity index (χ1n) is 9.67. The van der Waals surface area contributed by atoms with Gasteiger partial charge in [0, 0.05) is 17.8 Å². The van der Waals surface area contributed by atoms with E-state index in [4.69, 9.17) is 0 Å². The number of nitrogens with one attached hydrogen (secondary N) is 1. The van der Waals surface area contributed by atoms with Crippen molar-refractivity contribution >= 4 is 16.5 Å². The lowest BCUT2D eigenvalue weighted by atomic mass is 9.94. The number of hydrogen-bond donors (Lipinski definition) is 1. The lowest BCUT2D eigenvalue weighted by molar-refractivity contribution is -0.143. The van der Waals surface area contributed by atoms with Crippen molar-refractivity contribution < 1.29 is 26.3 Å². The molecule has 0 bridgehead atoms. The van der Waals surface area contributed by atoms with Crippen LogP contribution in [0.25, 0.3) is 27.6 Å². The Labute approximate surface area is 176 Å². The van der Waals surface area contributed by atoms with Crippen LogP contribution < -0.4 is 5.32 Å². The molecule has 164 valence electrons. The Balaban J connectivity index is 2.14. The second kappa shape index (κ2) is 8.29. The van der Waals surface area contributed by atoms with E-state index in [1.54, 1.807) is 12.1 Å². The summed E-state index contributed by atoms with van der Waals surface area (Å²) in [4.78, 5) is 0. The first kappa shape index (κ1) is 22.7. The molecule has 0 aliphatic heterocycles. The molecule has 0 fully saturated rings. The fourth-order valence-corrected chi connectivity index (χ4v) is 3.41. The van der Waals surface area contributed by atoms with E-state index in [1.807, 2.05) is 26.0 Å². The molecule has 0 amide bonds. The Morgan fingerprint density at radius 3 is 1.97 bits per heavy atom. The topological polar surface area (TPSA) is 12.0 Å². The van der Waals surface area contributed by atoms with Gasteiger partial charge >= 0.3 is 12.4 Å². The molecule has 0 aliphatic rings. The molecule has 0 atom stereocenters. The second-order valence-corrected chi connectivity index (χ2v) is 7.43. The predicted octanol–water partition coefficient (Wildman–Crippen LogP) is 7.82. The Kier molecular flexibility index (Phi) is 6.07. The summed E-state index contributed by atoms with van der Waals surface area (Å²) in [6, 6.07) is 10.2. The third-order valence-electron chi connectivity index (χ3n) is 5.02. The van der Waals surface area contributed by atoms with Crippen molar-refractivity contribution in [1.82, 2.24) is 5.32 Å². The molecule has 31 heavy (non-hydrogen) atoms. The summed E-state index contributed by atoms with van der Waals surface area (Å²) < 4.78 is 79.3. The monoisotopic (exact) mass is 437 g/mol. The highest BCUT2D eigenvalue weighted by Crippen LogP contribution is 2.39. The molecule has 3 aromatic rings. The maximum atomic E-state index is 13.2. The van der Waals surface area contributed by atoms with Crippen LogP contribution in [0.1, 0.15) is 35.6 Å². The van der Waals surface area contributed by atoms with Gasteiger partial charge in [-0.15, -0.1) is 0 Å². The standard InChI is InChI=1S/C24H21F6N/c1-4-7-31-15(3)22-12-18-9-17(6-5-16(18)8-14(22)2)19-10-20(23(25,26)27)13-21(11-19)24(28,29)30/h5-6,8-13,31H,3-4,7H2,1-2H3. The fraction of sp³-hybridized carbons (Fsp3) is 0.250. The van der Waals surface area contributed by atoms with Crippen LogP contribution in [0.4, 0.5) is 26.3 Å². The zero-order chi connectivity index (χ0) is 23.0. The molecule has 3 aromatic carbocycles. The molecular weight excluding hydrogens is 416 g/mol. The molecule has 0 unspecified atom stereocenters. The van der Waals surface area contributed by atoms with Gasteiger partial charge < -0.3 is 5.32 Å². The van der Waals surface area contributed by atoms with Crippen LogP contribution in [-0.4, -0.2) is 6.54 Å². The fourth-order valence-electron chi connectivity index (χ4n) is 3.41. The van der Waals surface area contributed by atoms with E-state index in [2.05, 4.69) is 11.9 Å². The molecule has 0 heterocycles. The normalized spacial score (nSPS) is 12.3. The smallest absolute Gasteiger partial charge is 0.385 e. The molecule has 0 saturated heterocycles. The molecule has 0 aromatic heterocycles. The molecule has 7 heteroatoms. The van der Waals surface area contributed by atoms with Crippen LogP contribution in [0.15, 0.2) is 55.1 Å². The minimum absolute atomic E-state index is 0.134. The summed E-state index contributed by atoms with van der Waals surface area (Å²) in [5, 5.41) is 4.73. The zero-order valence-corrected chi connectivity index (χ0v) is 17.0. The van der Waals surface area contributed by atoms with E-state index in [0.717, 1.165) is 41.6 Å². The van der Waals surface area contributed by atoms with E-state index >= 15 is 0 Å². The number of fused-ring (bicyclic) bond motifs is 1. The van der Waals surface area contributed by atoms with Crippen LogP contribution in [-0.2, 0) is 12.4 Å². The van der Waals surface area contributed by atoms with E-state index in [1.165, 1.54) is 6.07 Å². The number of alkyl halides is 6. The molecule has 0 spiro atoms. The number of benzene rings is 3. The van der Waals surface area contributed by atoms with Gasteiger partial charge in [0.05, 0.1) is 11.1 Å². The summed E-state index contributed by atoms with van der Waals surface area (Å²) in [5.74, 6) is 0. The Morgan fingerprint density at radius 2 is 1.42 bits per heavy atom. The van der Waals surface area contributed by atoms with Gasteiger partial charge in [0.25, 0.3) is 0 Å². The van der Waals surface area contributed by atoms with Gasteiger partial charge in [0.2, 0.25) is 0 Å². The third kappa shape index (κ3) is 5.03. The third-order valence-corrected chi connectivity index (χ3v) is 5.02. The first-order chi connectivity index (χ1) is 14.4. The first-order valence-corrected chi connectivity index (χ1v) is 9.67. The lowest BCUT2D eigenvalue weighted by Gasteiger charge is -2.16. The quantitative estimate of drug-likeness (QED) is 0.401. The van der Waals surface area contributed by atoms with Crippen molar-refractivity contribution in [1.29, 1.82) is 0 Å². The number of hydrogen-bond acceptors (Lipinski definition) is 1. The van der Waals surface area contributed by atoms with E-state index in [0.29, 0.717) is 11.1 Å². The Bertz CT molecular complexity index is 1090. The highest BCUT2D eigenvalue weighted by atomic mass is 19.4. The van der Waals surface area contributed by atoms with Gasteiger partial charge in [-0.05, 0) is 71.1 Å². The van der Waals surface area contributed by atoms with Crippen LogP contribution >= 0.6 is 0 Å². The maximum absolute atomic E-state index is 13.2. The van der Waals surface area contributed by atoms with Crippen LogP contribution in [0.3, 0.4) is 0 Å². The molecule has 0 aliphatic carbocycles. The van der Waals surface area contributed by atoms with Crippen LogP contribution in [0.2, 0.25) is 0 Å². The predicted molar refractivity (Wildman–Crippen MR) is 111 cm³/mol. The van der Waals surface area contributed by atoms with Gasteiger partial charge in [0.15, 0.2) is 0 Å². The molecule has 3 rings (SSSR count). The minimum Gasteiger partial charge on any atom is -0.385 e. The summed E-state index contributed by atoms with van der Waals surface area (Å²) in [7, 11) is 0. The van der Waals surface area contributed by atoms with E-state index in [9.17, 15) is 26.3 Å². The molecule has 1 nitrogen and oxygen atoms in total. The van der Waals surface area contributed by atoms with Crippen molar-refractivity contribution in [3.63, 3.8) is 0 Å². The molecule has 1 N–H and O–H groups in total. The summed E-state index contributed by atoms with van der Waals surface area (Å²) in [5.41, 5.74) is -0.0195. The van der Waals surface area contributed by atoms with Crippen molar-refractivity contribution in [2.24, 2.45) is 0 Å². The summed E-state index contributed by atoms with van der Waals surface area (Å²) in [6.07, 6.45) is -8.87. The van der Waals surface area contributed by atoms with Crippen molar-refractivity contribution in [3.05, 3.63) is 77.4 Å². The largest absolute Gasteiger partial charge is 0.416 e. The van der Waals surface area contributed by atoms with Gasteiger partial charge in [-0.25, -0.2) is 0 Å². The zero-order valence-electron chi connectivity index (χ0n) is 17.0. The van der Waals surface area contributed by atoms with Crippen molar-refractivity contribution in [3.8, 4) is 11.1 Å². The molecule has 0 saturated carbocycles. The highest BCUT2D eigenvalue weighted by molar-refractivity contribution is 5.91. The maximum Gasteiger partial charge on any atom is 0.416 e. The number of aryl methyl sites for hydroxylation is 1. The van der Waals surface area contributed by atoms with Gasteiger partial charge in [-0.3, -0.25) is 0 Å². The minimum atomic E-state index is -4.89. The summed E-state index contributed by atoms with van der Waals surface area (Å²) in [6.45, 7) is 8.70. The van der Waals surface area contributed by atoms with Crippen molar-refractivity contribution in [2.45, 2.75) is 32.6 Å². The average molecular weight is 437 g/mol.